The maximum Gasteiger partial charge on any atom is 0.239 e. The van der Waals surface area contributed by atoms with Crippen LogP contribution in [0.5, 0.6) is 0 Å². The van der Waals surface area contributed by atoms with E-state index in [4.69, 9.17) is 0 Å². The smallest absolute Gasteiger partial charge is 0.239 e. The van der Waals surface area contributed by atoms with Crippen LogP contribution in [0.15, 0.2) is 18.2 Å². The van der Waals surface area contributed by atoms with Gasteiger partial charge in [0.05, 0.1) is 6.54 Å². The molecule has 1 aromatic carbocycles. The van der Waals surface area contributed by atoms with Crippen LogP contribution in [0.2, 0.25) is 0 Å². The molecule has 0 aliphatic rings. The summed E-state index contributed by atoms with van der Waals surface area (Å²) in [5, 5.41) is 2.65. The van der Waals surface area contributed by atoms with Gasteiger partial charge in [0, 0.05) is 24.8 Å². The molecule has 0 aliphatic heterocycles. The van der Waals surface area contributed by atoms with E-state index in [-0.39, 0.29) is 18.0 Å². The number of aldehydes is 1. The van der Waals surface area contributed by atoms with Crippen LogP contribution in [0.25, 0.3) is 0 Å². The number of halogens is 1. The van der Waals surface area contributed by atoms with Gasteiger partial charge in [-0.1, -0.05) is 0 Å². The summed E-state index contributed by atoms with van der Waals surface area (Å²) >= 11 is 0. The highest BCUT2D eigenvalue weighted by Crippen LogP contribution is 2.16. The first-order valence-corrected chi connectivity index (χ1v) is 5.30. The molecule has 1 amide bonds. The first kappa shape index (κ1) is 13.2. The number of carbonyl (C=O) groups is 2. The highest BCUT2D eigenvalue weighted by atomic mass is 19.1. The molecule has 0 atom stereocenters. The average Bonchev–Trinajstić information content (AvgIpc) is 2.28. The normalized spacial score (nSPS) is 9.82. The van der Waals surface area contributed by atoms with Crippen LogP contribution >= 0.6 is 0 Å². The van der Waals surface area contributed by atoms with E-state index in [0.717, 1.165) is 6.07 Å². The summed E-state index contributed by atoms with van der Waals surface area (Å²) in [7, 11) is 1.67. The lowest BCUT2D eigenvalue weighted by molar-refractivity contribution is -0.119. The van der Waals surface area contributed by atoms with E-state index in [1.807, 2.05) is 6.92 Å². The first-order valence-electron chi connectivity index (χ1n) is 5.30. The number of nitrogens with zero attached hydrogens (tertiary/aromatic N) is 1. The van der Waals surface area contributed by atoms with Crippen molar-refractivity contribution in [3.8, 4) is 0 Å². The highest BCUT2D eigenvalue weighted by molar-refractivity contribution is 5.82. The molecular formula is C12H15FN2O2. The Kier molecular flexibility index (Phi) is 4.63. The molecule has 17 heavy (non-hydrogen) atoms. The largest absolute Gasteiger partial charge is 0.365 e. The van der Waals surface area contributed by atoms with Crippen molar-refractivity contribution in [1.82, 2.24) is 5.32 Å². The molecule has 0 saturated carbocycles. The lowest BCUT2D eigenvalue weighted by Crippen LogP contribution is -2.35. The number of likely N-dealkylation sites (N-methyl/N-ethyl adjacent to an activating group) is 2. The molecule has 1 aromatic rings. The second-order valence-electron chi connectivity index (χ2n) is 3.67. The molecule has 0 saturated heterocycles. The Morgan fingerprint density at radius 1 is 1.47 bits per heavy atom. The topological polar surface area (TPSA) is 49.4 Å². The van der Waals surface area contributed by atoms with Crippen LogP contribution in [0.1, 0.15) is 17.3 Å². The van der Waals surface area contributed by atoms with Gasteiger partial charge in [-0.25, -0.2) is 4.39 Å². The number of anilines is 1. The van der Waals surface area contributed by atoms with Crippen LogP contribution < -0.4 is 10.2 Å². The Balaban J connectivity index is 2.81. The van der Waals surface area contributed by atoms with Crippen molar-refractivity contribution in [2.24, 2.45) is 0 Å². The molecule has 0 aromatic heterocycles. The van der Waals surface area contributed by atoms with Crippen LogP contribution in [0, 0.1) is 5.82 Å². The maximum atomic E-state index is 13.2. The molecule has 5 heteroatoms. The van der Waals surface area contributed by atoms with Crippen molar-refractivity contribution in [2.45, 2.75) is 6.92 Å². The minimum atomic E-state index is -0.493. The van der Waals surface area contributed by atoms with Crippen LogP contribution in [0.4, 0.5) is 10.1 Å². The molecule has 0 radical (unpaired) electrons. The van der Waals surface area contributed by atoms with E-state index in [0.29, 0.717) is 18.5 Å². The molecule has 4 nitrogen and oxygen atoms in total. The van der Waals surface area contributed by atoms with Gasteiger partial charge in [-0.15, -0.1) is 0 Å². The van der Waals surface area contributed by atoms with Gasteiger partial charge in [0.2, 0.25) is 5.91 Å². The molecule has 0 aliphatic carbocycles. The Bertz CT molecular complexity index is 421. The molecule has 0 bridgehead atoms. The van der Waals surface area contributed by atoms with Gasteiger partial charge in [-0.3, -0.25) is 9.59 Å². The molecule has 0 spiro atoms. The third-order valence-corrected chi connectivity index (χ3v) is 2.24. The predicted octanol–water partition coefficient (Wildman–Crippen LogP) is 1.21. The summed E-state index contributed by atoms with van der Waals surface area (Å²) in [6.07, 6.45) is 0.576. The fourth-order valence-electron chi connectivity index (χ4n) is 1.44. The Labute approximate surface area is 99.4 Å². The summed E-state index contributed by atoms with van der Waals surface area (Å²) in [5.74, 6) is -0.640. The summed E-state index contributed by atoms with van der Waals surface area (Å²) in [4.78, 5) is 23.5. The van der Waals surface area contributed by atoms with E-state index < -0.39 is 5.82 Å². The lowest BCUT2D eigenvalue weighted by atomic mass is 10.2. The maximum absolute atomic E-state index is 13.2. The van der Waals surface area contributed by atoms with Crippen molar-refractivity contribution in [3.63, 3.8) is 0 Å². The minimum Gasteiger partial charge on any atom is -0.365 e. The zero-order valence-electron chi connectivity index (χ0n) is 9.87. The molecule has 0 unspecified atom stereocenters. The van der Waals surface area contributed by atoms with Gasteiger partial charge in [0.25, 0.3) is 0 Å². The SMILES string of the molecule is CCNC(=O)CN(C)c1cc(F)cc(C=O)c1. The van der Waals surface area contributed by atoms with Crippen molar-refractivity contribution in [3.05, 3.63) is 29.6 Å². The second kappa shape index (κ2) is 5.98. The Morgan fingerprint density at radius 2 is 2.18 bits per heavy atom. The van der Waals surface area contributed by atoms with Gasteiger partial charge in [-0.2, -0.15) is 0 Å². The summed E-state index contributed by atoms with van der Waals surface area (Å²) in [5.41, 5.74) is 0.751. The van der Waals surface area contributed by atoms with Crippen molar-refractivity contribution in [1.29, 1.82) is 0 Å². The van der Waals surface area contributed by atoms with Crippen LogP contribution in [-0.2, 0) is 4.79 Å². The first-order chi connectivity index (χ1) is 8.06. The average molecular weight is 238 g/mol. The van der Waals surface area contributed by atoms with Gasteiger partial charge in [-0.05, 0) is 25.1 Å². The number of nitrogens with one attached hydrogen (secondary N) is 1. The fourth-order valence-corrected chi connectivity index (χ4v) is 1.44. The third kappa shape index (κ3) is 3.86. The van der Waals surface area contributed by atoms with Crippen LogP contribution in [0.3, 0.4) is 0 Å². The number of carbonyl (C=O) groups excluding carboxylic acids is 2. The standard InChI is InChI=1S/C12H15FN2O2/c1-3-14-12(17)7-15(2)11-5-9(8-16)4-10(13)6-11/h4-6,8H,3,7H2,1-2H3,(H,14,17). The number of amides is 1. The van der Waals surface area contributed by atoms with E-state index in [1.54, 1.807) is 11.9 Å². The second-order valence-corrected chi connectivity index (χ2v) is 3.67. The molecule has 1 N–H and O–H groups in total. The summed E-state index contributed by atoms with van der Waals surface area (Å²) < 4.78 is 13.2. The molecule has 0 fully saturated rings. The predicted molar refractivity (Wildman–Crippen MR) is 63.7 cm³/mol. The van der Waals surface area contributed by atoms with E-state index >= 15 is 0 Å². The van der Waals surface area contributed by atoms with Gasteiger partial charge in [0.15, 0.2) is 0 Å². The molecule has 0 heterocycles. The van der Waals surface area contributed by atoms with Crippen molar-refractivity contribution >= 4 is 17.9 Å². The molecule has 92 valence electrons. The zero-order valence-corrected chi connectivity index (χ0v) is 9.87. The number of hydrogen-bond donors (Lipinski definition) is 1. The Hall–Kier alpha value is -1.91. The molecule has 1 rings (SSSR count). The van der Waals surface area contributed by atoms with Gasteiger partial charge < -0.3 is 10.2 Å². The summed E-state index contributed by atoms with van der Waals surface area (Å²) in [6, 6.07) is 3.97. The number of hydrogen-bond acceptors (Lipinski definition) is 3. The third-order valence-electron chi connectivity index (χ3n) is 2.24. The quantitative estimate of drug-likeness (QED) is 0.784. The summed E-state index contributed by atoms with van der Waals surface area (Å²) in [6.45, 7) is 2.50. The zero-order chi connectivity index (χ0) is 12.8. The Morgan fingerprint density at radius 3 is 2.76 bits per heavy atom. The highest BCUT2D eigenvalue weighted by Gasteiger charge is 2.08. The van der Waals surface area contributed by atoms with E-state index in [9.17, 15) is 14.0 Å². The van der Waals surface area contributed by atoms with Gasteiger partial charge >= 0.3 is 0 Å². The minimum absolute atomic E-state index is 0.121. The number of benzene rings is 1. The van der Waals surface area contributed by atoms with E-state index in [2.05, 4.69) is 5.32 Å². The van der Waals surface area contributed by atoms with Crippen molar-refractivity contribution < 1.29 is 14.0 Å². The fraction of sp³-hybridized carbons (Fsp3) is 0.333. The monoisotopic (exact) mass is 238 g/mol. The van der Waals surface area contributed by atoms with Crippen molar-refractivity contribution in [2.75, 3.05) is 25.0 Å². The number of rotatable bonds is 5. The van der Waals surface area contributed by atoms with E-state index in [1.165, 1.54) is 12.1 Å². The van der Waals surface area contributed by atoms with Gasteiger partial charge in [0.1, 0.15) is 12.1 Å². The lowest BCUT2D eigenvalue weighted by Gasteiger charge is -2.19. The van der Waals surface area contributed by atoms with Crippen LogP contribution in [-0.4, -0.2) is 32.3 Å². The molecular weight excluding hydrogens is 223 g/mol.